The van der Waals surface area contributed by atoms with Gasteiger partial charge in [-0.05, 0) is 36.4 Å². The number of benzene rings is 2. The Hall–Kier alpha value is -3.55. The molecular weight excluding hydrogens is 376 g/mol. The number of anilines is 2. The third-order valence-electron chi connectivity index (χ3n) is 4.76. The number of amides is 2. The van der Waals surface area contributed by atoms with Gasteiger partial charge in [0.25, 0.3) is 0 Å². The summed E-state index contributed by atoms with van der Waals surface area (Å²) in [5.74, 6) is -0.325. The second kappa shape index (κ2) is 8.64. The summed E-state index contributed by atoms with van der Waals surface area (Å²) in [5, 5.41) is 2.82. The van der Waals surface area contributed by atoms with Crippen molar-refractivity contribution in [2.75, 3.05) is 38.1 Å². The van der Waals surface area contributed by atoms with Gasteiger partial charge in [0.1, 0.15) is 11.5 Å². The van der Waals surface area contributed by atoms with E-state index in [-0.39, 0.29) is 24.8 Å². The number of hydrogen-bond donors (Lipinski definition) is 1. The van der Waals surface area contributed by atoms with Crippen LogP contribution in [-0.4, -0.2) is 45.7 Å². The zero-order chi connectivity index (χ0) is 21.0. The number of esters is 1. The quantitative estimate of drug-likeness (QED) is 0.752. The lowest BCUT2D eigenvalue weighted by Crippen LogP contribution is -2.28. The van der Waals surface area contributed by atoms with Gasteiger partial charge in [-0.25, -0.2) is 4.79 Å². The minimum absolute atomic E-state index is 0.0941. The van der Waals surface area contributed by atoms with Gasteiger partial charge >= 0.3 is 5.97 Å². The van der Waals surface area contributed by atoms with E-state index in [1.807, 2.05) is 0 Å². The van der Waals surface area contributed by atoms with E-state index in [2.05, 4.69) is 10.1 Å². The molecule has 1 N–H and O–H groups in total. The number of nitrogens with zero attached hydrogens (tertiary/aromatic N) is 1. The molecule has 1 fully saturated rings. The van der Waals surface area contributed by atoms with E-state index in [4.69, 9.17) is 9.47 Å². The largest absolute Gasteiger partial charge is 0.497 e. The molecule has 0 radical (unpaired) electrons. The first-order chi connectivity index (χ1) is 14.0. The highest BCUT2D eigenvalue weighted by molar-refractivity contribution is 6.04. The molecule has 1 unspecified atom stereocenters. The zero-order valence-corrected chi connectivity index (χ0v) is 16.4. The fourth-order valence-electron chi connectivity index (χ4n) is 3.17. The van der Waals surface area contributed by atoms with Crippen LogP contribution in [0.5, 0.6) is 11.5 Å². The Labute approximate surface area is 168 Å². The minimum Gasteiger partial charge on any atom is -0.497 e. The lowest BCUT2D eigenvalue weighted by atomic mass is 10.1. The van der Waals surface area contributed by atoms with Gasteiger partial charge < -0.3 is 24.4 Å². The van der Waals surface area contributed by atoms with Crippen LogP contribution in [0.25, 0.3) is 0 Å². The van der Waals surface area contributed by atoms with Crippen LogP contribution < -0.4 is 19.7 Å². The smallest absolute Gasteiger partial charge is 0.337 e. The van der Waals surface area contributed by atoms with Gasteiger partial charge in [0, 0.05) is 24.7 Å². The van der Waals surface area contributed by atoms with Crippen molar-refractivity contribution >= 4 is 29.2 Å². The maximum Gasteiger partial charge on any atom is 0.337 e. The Balaban J connectivity index is 1.71. The number of nitrogens with one attached hydrogen (secondary N) is 1. The van der Waals surface area contributed by atoms with E-state index in [0.717, 1.165) is 0 Å². The molecule has 2 amide bonds. The van der Waals surface area contributed by atoms with Crippen molar-refractivity contribution in [1.82, 2.24) is 0 Å². The lowest BCUT2D eigenvalue weighted by molar-refractivity contribution is -0.122. The Morgan fingerprint density at radius 3 is 2.38 bits per heavy atom. The summed E-state index contributed by atoms with van der Waals surface area (Å²) in [4.78, 5) is 38.3. The molecule has 0 saturated carbocycles. The molecule has 1 aliphatic heterocycles. The van der Waals surface area contributed by atoms with Crippen molar-refractivity contribution in [3.05, 3.63) is 48.0 Å². The molecule has 152 valence electrons. The predicted octanol–water partition coefficient (Wildman–Crippen LogP) is 2.48. The SMILES string of the molecule is COC(=O)c1ccc(N2CC(C(=O)Nc3cc(OC)ccc3OC)CC2=O)cc1. The summed E-state index contributed by atoms with van der Waals surface area (Å²) in [6.07, 6.45) is 0.0941. The first kappa shape index (κ1) is 20.2. The molecule has 1 atom stereocenters. The van der Waals surface area contributed by atoms with E-state index in [0.29, 0.717) is 28.4 Å². The highest BCUT2D eigenvalue weighted by Gasteiger charge is 2.35. The van der Waals surface area contributed by atoms with Crippen molar-refractivity contribution in [3.63, 3.8) is 0 Å². The van der Waals surface area contributed by atoms with Crippen LogP contribution in [-0.2, 0) is 14.3 Å². The van der Waals surface area contributed by atoms with Crippen LogP contribution in [0.2, 0.25) is 0 Å². The molecule has 29 heavy (non-hydrogen) atoms. The van der Waals surface area contributed by atoms with Crippen LogP contribution in [0.15, 0.2) is 42.5 Å². The third-order valence-corrected chi connectivity index (χ3v) is 4.76. The molecule has 0 aromatic heterocycles. The third kappa shape index (κ3) is 4.31. The molecular formula is C21H22N2O6. The van der Waals surface area contributed by atoms with Gasteiger partial charge in [-0.1, -0.05) is 0 Å². The second-order valence-electron chi connectivity index (χ2n) is 6.50. The number of rotatable bonds is 6. The van der Waals surface area contributed by atoms with E-state index in [9.17, 15) is 14.4 Å². The highest BCUT2D eigenvalue weighted by atomic mass is 16.5. The van der Waals surface area contributed by atoms with Crippen molar-refractivity contribution in [2.24, 2.45) is 5.92 Å². The van der Waals surface area contributed by atoms with Crippen LogP contribution in [0.4, 0.5) is 11.4 Å². The van der Waals surface area contributed by atoms with Gasteiger partial charge in [-0.2, -0.15) is 0 Å². The van der Waals surface area contributed by atoms with Crippen molar-refractivity contribution in [2.45, 2.75) is 6.42 Å². The normalized spacial score (nSPS) is 15.8. The number of hydrogen-bond acceptors (Lipinski definition) is 6. The summed E-state index contributed by atoms with van der Waals surface area (Å²) < 4.78 is 15.1. The van der Waals surface area contributed by atoms with Crippen molar-refractivity contribution in [3.8, 4) is 11.5 Å². The average Bonchev–Trinajstić information content (AvgIpc) is 3.15. The second-order valence-corrected chi connectivity index (χ2v) is 6.50. The molecule has 0 bridgehead atoms. The Kier molecular flexibility index (Phi) is 6.01. The Bertz CT molecular complexity index is 925. The van der Waals surface area contributed by atoms with E-state index in [1.165, 1.54) is 26.2 Å². The summed E-state index contributed by atoms with van der Waals surface area (Å²) in [7, 11) is 4.35. The molecule has 1 heterocycles. The zero-order valence-electron chi connectivity index (χ0n) is 16.4. The first-order valence-electron chi connectivity index (χ1n) is 8.98. The maximum absolute atomic E-state index is 12.7. The maximum atomic E-state index is 12.7. The number of carbonyl (C=O) groups is 3. The van der Waals surface area contributed by atoms with Gasteiger partial charge in [0.2, 0.25) is 11.8 Å². The first-order valence-corrected chi connectivity index (χ1v) is 8.98. The standard InChI is InChI=1S/C21H22N2O6/c1-27-16-8-9-18(28-2)17(11-16)22-20(25)14-10-19(24)23(12-14)15-6-4-13(5-7-15)21(26)29-3/h4-9,11,14H,10,12H2,1-3H3,(H,22,25). The summed E-state index contributed by atoms with van der Waals surface area (Å²) in [6, 6.07) is 11.6. The number of methoxy groups -OCH3 is 3. The molecule has 0 spiro atoms. The summed E-state index contributed by atoms with van der Waals surface area (Å²) in [5.41, 5.74) is 1.49. The van der Waals surface area contributed by atoms with Gasteiger partial charge in [-0.15, -0.1) is 0 Å². The summed E-state index contributed by atoms with van der Waals surface area (Å²) in [6.45, 7) is 0.245. The van der Waals surface area contributed by atoms with Gasteiger partial charge in [-0.3, -0.25) is 9.59 Å². The van der Waals surface area contributed by atoms with Crippen LogP contribution >= 0.6 is 0 Å². The van der Waals surface area contributed by atoms with Crippen LogP contribution in [0.3, 0.4) is 0 Å². The molecule has 2 aromatic rings. The van der Waals surface area contributed by atoms with Crippen molar-refractivity contribution < 1.29 is 28.6 Å². The van der Waals surface area contributed by atoms with E-state index in [1.54, 1.807) is 42.5 Å². The van der Waals surface area contributed by atoms with Crippen LogP contribution in [0, 0.1) is 5.92 Å². The molecule has 3 rings (SSSR count). The molecule has 2 aromatic carbocycles. The van der Waals surface area contributed by atoms with Crippen molar-refractivity contribution in [1.29, 1.82) is 0 Å². The topological polar surface area (TPSA) is 94.2 Å². The Morgan fingerprint density at radius 2 is 1.76 bits per heavy atom. The summed E-state index contributed by atoms with van der Waals surface area (Å²) >= 11 is 0. The lowest BCUT2D eigenvalue weighted by Gasteiger charge is -2.17. The van der Waals surface area contributed by atoms with Gasteiger partial charge in [0.05, 0.1) is 38.5 Å². The fraction of sp³-hybridized carbons (Fsp3) is 0.286. The molecule has 0 aliphatic carbocycles. The fourth-order valence-corrected chi connectivity index (χ4v) is 3.17. The molecule has 8 nitrogen and oxygen atoms in total. The highest BCUT2D eigenvalue weighted by Crippen LogP contribution is 2.31. The minimum atomic E-state index is -0.515. The van der Waals surface area contributed by atoms with E-state index < -0.39 is 11.9 Å². The van der Waals surface area contributed by atoms with E-state index >= 15 is 0 Å². The Morgan fingerprint density at radius 1 is 1.03 bits per heavy atom. The average molecular weight is 398 g/mol. The predicted molar refractivity (Wildman–Crippen MR) is 106 cm³/mol. The monoisotopic (exact) mass is 398 g/mol. The van der Waals surface area contributed by atoms with Crippen LogP contribution in [0.1, 0.15) is 16.8 Å². The molecule has 8 heteroatoms. The number of carbonyl (C=O) groups excluding carboxylic acids is 3. The molecule has 1 aliphatic rings. The number of ether oxygens (including phenoxy) is 3. The van der Waals surface area contributed by atoms with Gasteiger partial charge in [0.15, 0.2) is 0 Å². The molecule has 1 saturated heterocycles.